The number of ether oxygens (including phenoxy) is 2. The van der Waals surface area contributed by atoms with Gasteiger partial charge in [-0.05, 0) is 39.1 Å². The summed E-state index contributed by atoms with van der Waals surface area (Å²) in [5.74, 6) is -0.454. The van der Waals surface area contributed by atoms with Crippen LogP contribution in [0.15, 0.2) is 67.1 Å². The minimum Gasteiger partial charge on any atom is -0.465 e. The molecule has 0 amide bonds. The van der Waals surface area contributed by atoms with Gasteiger partial charge in [0.25, 0.3) is 0 Å². The Bertz CT molecular complexity index is 1720. The second-order valence-corrected chi connectivity index (χ2v) is 12.0. The molecule has 2 aromatic heterocycles. The number of nitrogens with zero attached hydrogens (tertiary/aromatic N) is 4. The molecule has 1 fully saturated rings. The zero-order valence-corrected chi connectivity index (χ0v) is 25.0. The van der Waals surface area contributed by atoms with E-state index < -0.39 is 43.9 Å². The number of fused-ring (bicyclic) bond motifs is 2. The number of carbonyl (C=O) groups is 1. The van der Waals surface area contributed by atoms with Gasteiger partial charge >= 0.3 is 13.7 Å². The summed E-state index contributed by atoms with van der Waals surface area (Å²) in [5.41, 5.74) is -1.77. The summed E-state index contributed by atoms with van der Waals surface area (Å²) in [6, 6.07) is 11.3. The number of aromatic nitrogens is 4. The third-order valence-electron chi connectivity index (χ3n) is 6.72. The second-order valence-electron chi connectivity index (χ2n) is 10.3. The average molecular weight is 615 g/mol. The van der Waals surface area contributed by atoms with Crippen LogP contribution in [0.2, 0.25) is 0 Å². The van der Waals surface area contributed by atoms with E-state index in [1.165, 1.54) is 24.1 Å². The fourth-order valence-corrected chi connectivity index (χ4v) is 5.98. The number of benzene rings is 2. The highest BCUT2D eigenvalue weighted by Gasteiger charge is 2.54. The molecule has 1 aliphatic heterocycles. The van der Waals surface area contributed by atoms with Crippen LogP contribution in [0.4, 0.5) is 10.2 Å². The summed E-state index contributed by atoms with van der Waals surface area (Å²) in [6.45, 7) is 5.93. The first-order valence-electron chi connectivity index (χ1n) is 13.5. The lowest BCUT2D eigenvalue weighted by Crippen LogP contribution is -2.37. The third kappa shape index (κ3) is 5.99. The van der Waals surface area contributed by atoms with Crippen molar-refractivity contribution in [2.75, 3.05) is 12.4 Å². The van der Waals surface area contributed by atoms with Crippen molar-refractivity contribution < 1.29 is 37.4 Å². The molecule has 5 atom stereocenters. The zero-order valence-electron chi connectivity index (χ0n) is 24.1. The highest BCUT2D eigenvalue weighted by Crippen LogP contribution is 2.49. The molecule has 0 radical (unpaired) electrons. The predicted octanol–water partition coefficient (Wildman–Crippen LogP) is 4.61. The lowest BCUT2D eigenvalue weighted by atomic mass is 10.0. The molecule has 13 nitrogen and oxygen atoms in total. The summed E-state index contributed by atoms with van der Waals surface area (Å²) < 4.78 is 53.9. The molecule has 0 aliphatic carbocycles. The number of hydrogen-bond donors (Lipinski definition) is 3. The summed E-state index contributed by atoms with van der Waals surface area (Å²) in [6.07, 6.45) is -0.270. The van der Waals surface area contributed by atoms with Gasteiger partial charge in [-0.15, -0.1) is 0 Å². The Kier molecular flexibility index (Phi) is 8.28. The van der Waals surface area contributed by atoms with E-state index in [0.717, 1.165) is 18.6 Å². The number of aliphatic hydroxyl groups is 1. The molecule has 0 spiro atoms. The van der Waals surface area contributed by atoms with Crippen LogP contribution < -0.4 is 14.9 Å². The molecular formula is C28H32FN6O7P. The topological polar surface area (TPSA) is 159 Å². The van der Waals surface area contributed by atoms with Gasteiger partial charge in [-0.1, -0.05) is 36.4 Å². The molecule has 43 heavy (non-hydrogen) atoms. The first-order chi connectivity index (χ1) is 20.4. The zero-order chi connectivity index (χ0) is 30.9. The van der Waals surface area contributed by atoms with E-state index in [1.807, 2.05) is 18.2 Å². The smallest absolute Gasteiger partial charge is 0.465 e. The summed E-state index contributed by atoms with van der Waals surface area (Å²) in [5, 5.41) is 17.8. The summed E-state index contributed by atoms with van der Waals surface area (Å²) in [4.78, 5) is 25.1. The van der Waals surface area contributed by atoms with Crippen LogP contribution in [-0.4, -0.2) is 61.6 Å². The Morgan fingerprint density at radius 1 is 1.19 bits per heavy atom. The molecular weight excluding hydrogens is 582 g/mol. The minimum absolute atomic E-state index is 0.197. The Morgan fingerprint density at radius 3 is 2.67 bits per heavy atom. The molecule has 0 bridgehead atoms. The maximum absolute atomic E-state index is 16.0. The van der Waals surface area contributed by atoms with Crippen LogP contribution in [0.5, 0.6) is 5.75 Å². The SMILES string of the molecule is CNc1ncnc2c1ncn2[C@@H]1O/C(=C/OP(=O)(N[C@H](C)C(=O)OC(C)C)Oc2cccc3ccccc23)[C@@H](O)[C@@]1(C)F. The van der Waals surface area contributed by atoms with Crippen molar-refractivity contribution in [2.45, 2.75) is 57.8 Å². The first-order valence-corrected chi connectivity index (χ1v) is 15.0. The maximum Gasteiger partial charge on any atom is 0.513 e. The van der Waals surface area contributed by atoms with Gasteiger partial charge in [-0.2, -0.15) is 5.09 Å². The first kappa shape index (κ1) is 30.2. The standard InChI is InChI=1S/C28H32FN6O7P/c1-16(2)40-26(37)17(3)34-43(38,42-20-12-8-10-18-9-6-7-11-19(18)20)39-13-21-23(36)28(4,29)27(41-21)35-15-33-22-24(30-5)31-14-32-25(22)35/h6-17,23,27,36H,1-5H3,(H,34,38)(H,30,31,32)/b21-13+/t17-,23-,27-,28-,43?/m1/s1. The maximum atomic E-state index is 16.0. The van der Waals surface area contributed by atoms with E-state index in [0.29, 0.717) is 16.7 Å². The normalized spacial score (nSPS) is 23.2. The number of halogens is 1. The molecule has 3 heterocycles. The van der Waals surface area contributed by atoms with Crippen LogP contribution in [0.1, 0.15) is 33.9 Å². The number of carbonyl (C=O) groups excluding carboxylic acids is 1. The van der Waals surface area contributed by atoms with Crippen molar-refractivity contribution >= 4 is 41.5 Å². The van der Waals surface area contributed by atoms with Gasteiger partial charge in [0, 0.05) is 12.4 Å². The number of imidazole rings is 1. The van der Waals surface area contributed by atoms with Crippen molar-refractivity contribution in [3.8, 4) is 5.75 Å². The lowest BCUT2D eigenvalue weighted by Gasteiger charge is -2.23. The molecule has 1 unspecified atom stereocenters. The van der Waals surface area contributed by atoms with E-state index in [1.54, 1.807) is 45.2 Å². The van der Waals surface area contributed by atoms with Gasteiger partial charge in [0.1, 0.15) is 30.7 Å². The van der Waals surface area contributed by atoms with E-state index in [-0.39, 0.29) is 17.2 Å². The van der Waals surface area contributed by atoms with E-state index in [2.05, 4.69) is 25.4 Å². The van der Waals surface area contributed by atoms with Gasteiger partial charge in [0.2, 0.25) is 6.23 Å². The molecule has 2 aromatic carbocycles. The van der Waals surface area contributed by atoms with Crippen LogP contribution in [0, 0.1) is 0 Å². The van der Waals surface area contributed by atoms with Crippen molar-refractivity contribution in [2.24, 2.45) is 0 Å². The Balaban J connectivity index is 1.47. The van der Waals surface area contributed by atoms with Gasteiger partial charge in [-0.25, -0.2) is 23.9 Å². The van der Waals surface area contributed by atoms with Crippen LogP contribution in [0.3, 0.4) is 0 Å². The summed E-state index contributed by atoms with van der Waals surface area (Å²) in [7, 11) is -2.78. The molecule has 228 valence electrons. The van der Waals surface area contributed by atoms with E-state index >= 15 is 4.39 Å². The molecule has 4 aromatic rings. The fourth-order valence-electron chi connectivity index (χ4n) is 4.58. The minimum atomic E-state index is -4.44. The Hall–Kier alpha value is -4.26. The van der Waals surface area contributed by atoms with Crippen molar-refractivity contribution in [1.82, 2.24) is 24.6 Å². The van der Waals surface area contributed by atoms with Gasteiger partial charge in [-0.3, -0.25) is 9.36 Å². The highest BCUT2D eigenvalue weighted by atomic mass is 31.2. The lowest BCUT2D eigenvalue weighted by molar-refractivity contribution is -0.149. The average Bonchev–Trinajstić information content (AvgIpc) is 3.49. The number of rotatable bonds is 10. The predicted molar refractivity (Wildman–Crippen MR) is 156 cm³/mol. The number of nitrogens with one attached hydrogen (secondary N) is 2. The number of esters is 1. The van der Waals surface area contributed by atoms with Crippen molar-refractivity contribution in [3.63, 3.8) is 0 Å². The van der Waals surface area contributed by atoms with Gasteiger partial charge < -0.3 is 28.9 Å². The highest BCUT2D eigenvalue weighted by molar-refractivity contribution is 7.52. The number of hydrogen-bond acceptors (Lipinski definition) is 11. The summed E-state index contributed by atoms with van der Waals surface area (Å²) >= 11 is 0. The molecule has 15 heteroatoms. The number of aliphatic hydroxyl groups excluding tert-OH is 1. The Labute approximate surface area is 246 Å². The number of anilines is 1. The van der Waals surface area contributed by atoms with Crippen LogP contribution in [-0.2, 0) is 23.4 Å². The molecule has 1 saturated heterocycles. The second kappa shape index (κ2) is 11.8. The van der Waals surface area contributed by atoms with E-state index in [4.69, 9.17) is 18.5 Å². The van der Waals surface area contributed by atoms with Gasteiger partial charge in [0.05, 0.1) is 6.10 Å². The van der Waals surface area contributed by atoms with Gasteiger partial charge in [0.15, 0.2) is 34.5 Å². The largest absolute Gasteiger partial charge is 0.513 e. The molecule has 0 saturated carbocycles. The number of alkyl halides is 1. The molecule has 5 rings (SSSR count). The third-order valence-corrected chi connectivity index (χ3v) is 8.24. The van der Waals surface area contributed by atoms with Crippen molar-refractivity contribution in [3.05, 3.63) is 67.1 Å². The van der Waals surface area contributed by atoms with Crippen LogP contribution in [0.25, 0.3) is 21.9 Å². The Morgan fingerprint density at radius 2 is 1.93 bits per heavy atom. The quantitative estimate of drug-likeness (QED) is 0.130. The van der Waals surface area contributed by atoms with Crippen LogP contribution >= 0.6 is 7.75 Å². The monoisotopic (exact) mass is 614 g/mol. The molecule has 1 aliphatic rings. The van der Waals surface area contributed by atoms with E-state index in [9.17, 15) is 14.5 Å². The molecule has 3 N–H and O–H groups in total. The fraction of sp³-hybridized carbons (Fsp3) is 0.357. The van der Waals surface area contributed by atoms with Crippen molar-refractivity contribution in [1.29, 1.82) is 0 Å².